The zero-order valence-electron chi connectivity index (χ0n) is 10.2. The molecule has 1 aromatic carbocycles. The molecule has 1 aromatic rings. The molecule has 0 N–H and O–H groups in total. The van der Waals surface area contributed by atoms with Gasteiger partial charge in [-0.15, -0.1) is 0 Å². The Morgan fingerprint density at radius 2 is 2.06 bits per heavy atom. The predicted molar refractivity (Wildman–Crippen MR) is 72.6 cm³/mol. The summed E-state index contributed by atoms with van der Waals surface area (Å²) < 4.78 is 5.36. The van der Waals surface area contributed by atoms with Crippen LogP contribution in [0.25, 0.3) is 0 Å². The first-order chi connectivity index (χ1) is 7.69. The SMILES string of the molecule is COc1ccccc1CC(C)N(C)CCBr. The minimum absolute atomic E-state index is 0.522. The Labute approximate surface area is 107 Å². The van der Waals surface area contributed by atoms with Crippen molar-refractivity contribution in [3.05, 3.63) is 29.8 Å². The summed E-state index contributed by atoms with van der Waals surface area (Å²) in [4.78, 5) is 2.35. The Kier molecular flexibility index (Phi) is 5.85. The highest BCUT2D eigenvalue weighted by molar-refractivity contribution is 9.09. The monoisotopic (exact) mass is 285 g/mol. The van der Waals surface area contributed by atoms with Crippen LogP contribution in [-0.4, -0.2) is 37.0 Å². The topological polar surface area (TPSA) is 12.5 Å². The van der Waals surface area contributed by atoms with Crippen molar-refractivity contribution in [1.29, 1.82) is 0 Å². The lowest BCUT2D eigenvalue weighted by atomic mass is 10.1. The van der Waals surface area contributed by atoms with E-state index in [9.17, 15) is 0 Å². The maximum absolute atomic E-state index is 5.36. The van der Waals surface area contributed by atoms with Gasteiger partial charge >= 0.3 is 0 Å². The Morgan fingerprint density at radius 1 is 1.38 bits per heavy atom. The van der Waals surface area contributed by atoms with E-state index in [1.807, 2.05) is 12.1 Å². The van der Waals surface area contributed by atoms with Crippen molar-refractivity contribution in [2.24, 2.45) is 0 Å². The molecule has 1 unspecified atom stereocenters. The van der Waals surface area contributed by atoms with Crippen molar-refractivity contribution in [2.75, 3.05) is 26.0 Å². The third-order valence-corrected chi connectivity index (χ3v) is 3.25. The van der Waals surface area contributed by atoms with Crippen LogP contribution in [0, 0.1) is 0 Å². The van der Waals surface area contributed by atoms with Crippen LogP contribution < -0.4 is 4.74 Å². The zero-order valence-corrected chi connectivity index (χ0v) is 11.8. The summed E-state index contributed by atoms with van der Waals surface area (Å²) in [5.41, 5.74) is 1.28. The van der Waals surface area contributed by atoms with Gasteiger partial charge in [0.15, 0.2) is 0 Å². The fourth-order valence-electron chi connectivity index (χ4n) is 1.70. The lowest BCUT2D eigenvalue weighted by Crippen LogP contribution is -2.32. The number of hydrogen-bond donors (Lipinski definition) is 0. The van der Waals surface area contributed by atoms with Crippen LogP contribution in [0.3, 0.4) is 0 Å². The van der Waals surface area contributed by atoms with E-state index in [4.69, 9.17) is 4.74 Å². The minimum Gasteiger partial charge on any atom is -0.496 e. The molecular weight excluding hydrogens is 266 g/mol. The van der Waals surface area contributed by atoms with Gasteiger partial charge in [0.2, 0.25) is 0 Å². The maximum Gasteiger partial charge on any atom is 0.122 e. The van der Waals surface area contributed by atoms with E-state index in [1.165, 1.54) is 5.56 Å². The molecule has 1 atom stereocenters. The standard InChI is InChI=1S/C13H20BrNO/c1-11(15(2)9-8-14)10-12-6-4-5-7-13(12)16-3/h4-7,11H,8-10H2,1-3H3. The molecule has 0 saturated carbocycles. The third kappa shape index (κ3) is 3.80. The van der Waals surface area contributed by atoms with Gasteiger partial charge in [-0.1, -0.05) is 34.1 Å². The molecule has 0 spiro atoms. The first kappa shape index (κ1) is 13.5. The molecular formula is C13H20BrNO. The minimum atomic E-state index is 0.522. The van der Waals surface area contributed by atoms with Gasteiger partial charge in [-0.05, 0) is 32.0 Å². The molecule has 0 amide bonds. The average Bonchev–Trinajstić information content (AvgIpc) is 2.30. The van der Waals surface area contributed by atoms with E-state index in [0.29, 0.717) is 6.04 Å². The van der Waals surface area contributed by atoms with Gasteiger partial charge in [-0.2, -0.15) is 0 Å². The van der Waals surface area contributed by atoms with Crippen LogP contribution in [0.2, 0.25) is 0 Å². The highest BCUT2D eigenvalue weighted by Crippen LogP contribution is 2.20. The predicted octanol–water partition coefficient (Wildman–Crippen LogP) is 2.95. The van der Waals surface area contributed by atoms with Crippen LogP contribution in [-0.2, 0) is 6.42 Å². The molecule has 0 radical (unpaired) electrons. The molecule has 90 valence electrons. The van der Waals surface area contributed by atoms with Crippen LogP contribution in [0.15, 0.2) is 24.3 Å². The van der Waals surface area contributed by atoms with E-state index in [2.05, 4.69) is 46.9 Å². The summed E-state index contributed by atoms with van der Waals surface area (Å²) in [6, 6.07) is 8.75. The van der Waals surface area contributed by atoms with Crippen LogP contribution >= 0.6 is 15.9 Å². The second-order valence-corrected chi connectivity index (χ2v) is 4.83. The number of likely N-dealkylation sites (N-methyl/N-ethyl adjacent to an activating group) is 1. The van der Waals surface area contributed by atoms with E-state index in [0.717, 1.165) is 24.0 Å². The number of methoxy groups -OCH3 is 1. The first-order valence-electron chi connectivity index (χ1n) is 5.57. The molecule has 0 aliphatic rings. The molecule has 0 saturated heterocycles. The third-order valence-electron chi connectivity index (χ3n) is 2.90. The summed E-state index contributed by atoms with van der Waals surface area (Å²) in [5.74, 6) is 0.988. The van der Waals surface area contributed by atoms with Crippen LogP contribution in [0.5, 0.6) is 5.75 Å². The molecule has 16 heavy (non-hydrogen) atoms. The molecule has 3 heteroatoms. The van der Waals surface area contributed by atoms with Crippen molar-refractivity contribution in [3.63, 3.8) is 0 Å². The summed E-state index contributed by atoms with van der Waals surface area (Å²) in [7, 11) is 3.88. The van der Waals surface area contributed by atoms with Crippen LogP contribution in [0.1, 0.15) is 12.5 Å². The highest BCUT2D eigenvalue weighted by atomic mass is 79.9. The summed E-state index contributed by atoms with van der Waals surface area (Å²) >= 11 is 3.47. The van der Waals surface area contributed by atoms with Gasteiger partial charge in [-0.3, -0.25) is 0 Å². The number of rotatable bonds is 6. The van der Waals surface area contributed by atoms with E-state index in [-0.39, 0.29) is 0 Å². The van der Waals surface area contributed by atoms with E-state index in [1.54, 1.807) is 7.11 Å². The second-order valence-electron chi connectivity index (χ2n) is 4.03. The summed E-state index contributed by atoms with van der Waals surface area (Å²) in [6.07, 6.45) is 1.02. The maximum atomic E-state index is 5.36. The van der Waals surface area contributed by atoms with Gasteiger partial charge in [0.05, 0.1) is 7.11 Å². The first-order valence-corrected chi connectivity index (χ1v) is 6.69. The zero-order chi connectivity index (χ0) is 12.0. The molecule has 0 aliphatic carbocycles. The molecule has 0 bridgehead atoms. The molecule has 0 aliphatic heterocycles. The van der Waals surface area contributed by atoms with Gasteiger partial charge in [0.25, 0.3) is 0 Å². The fourth-order valence-corrected chi connectivity index (χ4v) is 2.26. The lowest BCUT2D eigenvalue weighted by Gasteiger charge is -2.24. The number of benzene rings is 1. The Morgan fingerprint density at radius 3 is 2.69 bits per heavy atom. The number of hydrogen-bond acceptors (Lipinski definition) is 2. The number of ether oxygens (including phenoxy) is 1. The molecule has 0 aromatic heterocycles. The number of nitrogens with zero attached hydrogens (tertiary/aromatic N) is 1. The van der Waals surface area contributed by atoms with Gasteiger partial charge in [0.1, 0.15) is 5.75 Å². The van der Waals surface area contributed by atoms with Crippen molar-refractivity contribution in [1.82, 2.24) is 4.90 Å². The van der Waals surface area contributed by atoms with Crippen molar-refractivity contribution < 1.29 is 4.74 Å². The van der Waals surface area contributed by atoms with E-state index >= 15 is 0 Å². The Hall–Kier alpha value is -0.540. The summed E-state index contributed by atoms with van der Waals surface area (Å²) in [5, 5.41) is 1.01. The molecule has 1 rings (SSSR count). The van der Waals surface area contributed by atoms with Crippen molar-refractivity contribution in [2.45, 2.75) is 19.4 Å². The van der Waals surface area contributed by atoms with Crippen molar-refractivity contribution >= 4 is 15.9 Å². The Bertz CT molecular complexity index is 317. The van der Waals surface area contributed by atoms with Gasteiger partial charge < -0.3 is 9.64 Å². The molecule has 0 fully saturated rings. The summed E-state index contributed by atoms with van der Waals surface area (Å²) in [6.45, 7) is 3.31. The highest BCUT2D eigenvalue weighted by Gasteiger charge is 2.11. The lowest BCUT2D eigenvalue weighted by molar-refractivity contribution is 0.270. The molecule has 2 nitrogen and oxygen atoms in total. The van der Waals surface area contributed by atoms with Crippen LogP contribution in [0.4, 0.5) is 0 Å². The largest absolute Gasteiger partial charge is 0.496 e. The van der Waals surface area contributed by atoms with Gasteiger partial charge in [0, 0.05) is 17.9 Å². The van der Waals surface area contributed by atoms with Crippen molar-refractivity contribution in [3.8, 4) is 5.75 Å². The molecule has 0 heterocycles. The smallest absolute Gasteiger partial charge is 0.122 e. The van der Waals surface area contributed by atoms with E-state index < -0.39 is 0 Å². The Balaban J connectivity index is 2.64. The number of alkyl halides is 1. The van der Waals surface area contributed by atoms with Gasteiger partial charge in [-0.25, -0.2) is 0 Å². The number of halogens is 1. The number of para-hydroxylation sites is 1. The average molecular weight is 286 g/mol. The fraction of sp³-hybridized carbons (Fsp3) is 0.538. The second kappa shape index (κ2) is 6.92. The normalized spacial score (nSPS) is 12.8. The quantitative estimate of drug-likeness (QED) is 0.745.